The van der Waals surface area contributed by atoms with Crippen molar-refractivity contribution >= 4 is 8.80 Å². The second-order valence-electron chi connectivity index (χ2n) is 16.8. The first-order valence-electron chi connectivity index (χ1n) is 17.7. The van der Waals surface area contributed by atoms with E-state index >= 15 is 0 Å². The van der Waals surface area contributed by atoms with Gasteiger partial charge in [-0.05, 0) is 152 Å². The van der Waals surface area contributed by atoms with E-state index in [0.29, 0.717) is 16.4 Å². The van der Waals surface area contributed by atoms with Crippen molar-refractivity contribution in [3.8, 4) is 0 Å². The average Bonchev–Trinajstić information content (AvgIpc) is 3.19. The molecule has 0 aromatic heterocycles. The molecular formula is C36H68O3Si. The number of rotatable bonds is 12. The van der Waals surface area contributed by atoms with Crippen molar-refractivity contribution in [2.24, 2.45) is 52.3 Å². The molecule has 4 heteroatoms. The van der Waals surface area contributed by atoms with Crippen LogP contribution in [0.1, 0.15) is 153 Å². The molecule has 2 unspecified atom stereocenters. The molecule has 4 rings (SSSR count). The molecule has 0 aliphatic heterocycles. The molecule has 0 radical (unpaired) electrons. The molecule has 0 aromatic carbocycles. The first-order valence-corrected chi connectivity index (χ1v) is 19.6. The SMILES string of the molecule is CC(C)CCC[C@@H](C)[C@H]1CC[C@H]2[C@@H]3CCC4CC([Si](OC(C)C)(OC(C)C)OC(C)C)CC[C@]4(C)[C@H]3CC[C@]12C. The first kappa shape index (κ1) is 33.0. The summed E-state index contributed by atoms with van der Waals surface area (Å²) in [5.74, 6) is 6.32. The molecular weight excluding hydrogens is 508 g/mol. The molecule has 9 atom stereocenters. The Morgan fingerprint density at radius 3 is 1.80 bits per heavy atom. The highest BCUT2D eigenvalue weighted by molar-refractivity contribution is 6.62. The summed E-state index contributed by atoms with van der Waals surface area (Å²) in [6, 6.07) is 0. The Morgan fingerprint density at radius 1 is 0.650 bits per heavy atom. The largest absolute Gasteiger partial charge is 0.504 e. The Kier molecular flexibility index (Phi) is 10.7. The van der Waals surface area contributed by atoms with Gasteiger partial charge in [0.15, 0.2) is 0 Å². The molecule has 4 aliphatic rings. The Labute approximate surface area is 251 Å². The van der Waals surface area contributed by atoms with Gasteiger partial charge in [0.1, 0.15) is 0 Å². The summed E-state index contributed by atoms with van der Waals surface area (Å²) < 4.78 is 20.3. The predicted molar refractivity (Wildman–Crippen MR) is 171 cm³/mol. The van der Waals surface area contributed by atoms with E-state index in [4.69, 9.17) is 13.3 Å². The predicted octanol–water partition coefficient (Wildman–Crippen LogP) is 10.7. The van der Waals surface area contributed by atoms with Gasteiger partial charge >= 0.3 is 8.80 Å². The van der Waals surface area contributed by atoms with Crippen molar-refractivity contribution in [2.45, 2.75) is 177 Å². The van der Waals surface area contributed by atoms with E-state index in [-0.39, 0.29) is 18.3 Å². The van der Waals surface area contributed by atoms with E-state index < -0.39 is 8.80 Å². The third-order valence-electron chi connectivity index (χ3n) is 12.6. The lowest BCUT2D eigenvalue weighted by Gasteiger charge is -2.62. The second-order valence-corrected chi connectivity index (χ2v) is 19.5. The van der Waals surface area contributed by atoms with Crippen LogP contribution in [0.2, 0.25) is 5.54 Å². The molecule has 3 nitrogen and oxygen atoms in total. The minimum absolute atomic E-state index is 0.132. The van der Waals surface area contributed by atoms with E-state index in [1.165, 1.54) is 77.0 Å². The Morgan fingerprint density at radius 2 is 1.23 bits per heavy atom. The van der Waals surface area contributed by atoms with Gasteiger partial charge < -0.3 is 13.3 Å². The lowest BCUT2D eigenvalue weighted by atomic mass is 9.44. The average molecular weight is 577 g/mol. The summed E-state index contributed by atoms with van der Waals surface area (Å²) in [5.41, 5.74) is 1.50. The topological polar surface area (TPSA) is 27.7 Å². The molecule has 0 aromatic rings. The summed E-state index contributed by atoms with van der Waals surface area (Å²) in [7, 11) is -2.81. The van der Waals surface area contributed by atoms with Gasteiger partial charge in [0, 0.05) is 23.9 Å². The zero-order valence-electron chi connectivity index (χ0n) is 28.6. The molecule has 4 fully saturated rings. The lowest BCUT2D eigenvalue weighted by Crippen LogP contribution is -2.59. The zero-order chi connectivity index (χ0) is 29.5. The Bertz CT molecular complexity index is 783. The van der Waals surface area contributed by atoms with E-state index in [0.717, 1.165) is 41.4 Å². The van der Waals surface area contributed by atoms with Crippen molar-refractivity contribution in [3.05, 3.63) is 0 Å². The minimum atomic E-state index is -2.81. The van der Waals surface area contributed by atoms with Crippen LogP contribution in [-0.4, -0.2) is 27.1 Å². The van der Waals surface area contributed by atoms with Crippen LogP contribution < -0.4 is 0 Å². The summed E-state index contributed by atoms with van der Waals surface area (Å²) in [6.45, 7) is 25.8. The minimum Gasteiger partial charge on any atom is -0.371 e. The summed E-state index contributed by atoms with van der Waals surface area (Å²) >= 11 is 0. The number of fused-ring (bicyclic) bond motifs is 5. The summed E-state index contributed by atoms with van der Waals surface area (Å²) in [5, 5.41) is 0. The van der Waals surface area contributed by atoms with Crippen molar-refractivity contribution in [1.29, 1.82) is 0 Å². The maximum absolute atomic E-state index is 6.76. The van der Waals surface area contributed by atoms with Crippen LogP contribution in [0.15, 0.2) is 0 Å². The van der Waals surface area contributed by atoms with E-state index in [9.17, 15) is 0 Å². The molecule has 0 N–H and O–H groups in total. The van der Waals surface area contributed by atoms with Crippen LogP contribution in [0.3, 0.4) is 0 Å². The van der Waals surface area contributed by atoms with Gasteiger partial charge in [-0.25, -0.2) is 0 Å². The van der Waals surface area contributed by atoms with Crippen LogP contribution in [-0.2, 0) is 13.3 Å². The van der Waals surface area contributed by atoms with Crippen LogP contribution in [0.4, 0.5) is 0 Å². The van der Waals surface area contributed by atoms with Crippen molar-refractivity contribution in [3.63, 3.8) is 0 Å². The van der Waals surface area contributed by atoms with Gasteiger partial charge in [0.05, 0.1) is 0 Å². The quantitative estimate of drug-likeness (QED) is 0.216. The molecule has 234 valence electrons. The molecule has 4 saturated carbocycles. The summed E-state index contributed by atoms with van der Waals surface area (Å²) in [4.78, 5) is 0. The first-order chi connectivity index (χ1) is 18.7. The Balaban J connectivity index is 1.49. The van der Waals surface area contributed by atoms with Crippen LogP contribution in [0, 0.1) is 52.3 Å². The smallest absolute Gasteiger partial charge is 0.371 e. The molecule has 0 saturated heterocycles. The zero-order valence-corrected chi connectivity index (χ0v) is 29.6. The maximum atomic E-state index is 6.76. The molecule has 0 heterocycles. The maximum Gasteiger partial charge on any atom is 0.504 e. The van der Waals surface area contributed by atoms with Crippen molar-refractivity contribution in [2.75, 3.05) is 0 Å². The van der Waals surface area contributed by atoms with E-state index in [1.54, 1.807) is 0 Å². The third-order valence-corrected chi connectivity index (χ3v) is 16.5. The van der Waals surface area contributed by atoms with Crippen molar-refractivity contribution in [1.82, 2.24) is 0 Å². The standard InChI is InChI=1S/C36H68O3Si/c1-24(2)13-12-14-28(9)32-17-18-33-31-16-15-29-23-30(19-21-35(29,10)34(31)20-22-36(32,33)11)40(37-25(3)4,38-26(5)6)39-27(7)8/h24-34H,12-23H2,1-11H3/t28-,29?,30?,31+,32-,33+,34+,35+,36-/m1/s1. The van der Waals surface area contributed by atoms with Crippen LogP contribution >= 0.6 is 0 Å². The summed E-state index contributed by atoms with van der Waals surface area (Å²) in [6.07, 6.45) is 17.3. The normalized spacial score (nSPS) is 39.1. The number of hydrogen-bond acceptors (Lipinski definition) is 3. The lowest BCUT2D eigenvalue weighted by molar-refractivity contribution is -0.119. The van der Waals surface area contributed by atoms with E-state index in [2.05, 4.69) is 76.2 Å². The highest BCUT2D eigenvalue weighted by atomic mass is 28.4. The van der Waals surface area contributed by atoms with Gasteiger partial charge in [-0.2, -0.15) is 0 Å². The molecule has 0 bridgehead atoms. The molecule has 0 amide bonds. The number of hydrogen-bond donors (Lipinski definition) is 0. The molecule has 4 aliphatic carbocycles. The van der Waals surface area contributed by atoms with Gasteiger partial charge in [-0.3, -0.25) is 0 Å². The van der Waals surface area contributed by atoms with Crippen molar-refractivity contribution < 1.29 is 13.3 Å². The molecule has 40 heavy (non-hydrogen) atoms. The highest BCUT2D eigenvalue weighted by Gasteiger charge is 2.63. The highest BCUT2D eigenvalue weighted by Crippen LogP contribution is 2.69. The van der Waals surface area contributed by atoms with Gasteiger partial charge in [0.2, 0.25) is 0 Å². The monoisotopic (exact) mass is 576 g/mol. The Hall–Kier alpha value is 0.0969. The van der Waals surface area contributed by atoms with Gasteiger partial charge in [0.25, 0.3) is 0 Å². The molecule has 0 spiro atoms. The van der Waals surface area contributed by atoms with Gasteiger partial charge in [-0.1, -0.05) is 53.9 Å². The fraction of sp³-hybridized carbons (Fsp3) is 1.00. The second kappa shape index (κ2) is 13.0. The van der Waals surface area contributed by atoms with Crippen LogP contribution in [0.25, 0.3) is 0 Å². The fourth-order valence-corrected chi connectivity index (χ4v) is 14.7. The third kappa shape index (κ3) is 6.60. The van der Waals surface area contributed by atoms with Crippen LogP contribution in [0.5, 0.6) is 0 Å². The van der Waals surface area contributed by atoms with Gasteiger partial charge in [-0.15, -0.1) is 0 Å². The fourth-order valence-electron chi connectivity index (χ4n) is 11.0. The van der Waals surface area contributed by atoms with E-state index in [1.807, 2.05) is 0 Å².